The molecule has 0 radical (unpaired) electrons. The highest BCUT2D eigenvalue weighted by Gasteiger charge is 2.50. The van der Waals surface area contributed by atoms with Gasteiger partial charge in [0.25, 0.3) is 11.8 Å². The second kappa shape index (κ2) is 8.99. The summed E-state index contributed by atoms with van der Waals surface area (Å²) in [4.78, 5) is 27.5. The fourth-order valence-electron chi connectivity index (χ4n) is 4.85. The number of nitriles is 1. The minimum absolute atomic E-state index is 0.193. The molecule has 2 heterocycles. The number of amides is 2. The van der Waals surface area contributed by atoms with E-state index >= 15 is 0 Å². The minimum Gasteiger partial charge on any atom is -0.272 e. The maximum atomic E-state index is 13.8. The van der Waals surface area contributed by atoms with Gasteiger partial charge in [0.05, 0.1) is 34.8 Å². The molecule has 7 heteroatoms. The van der Waals surface area contributed by atoms with Crippen LogP contribution in [-0.4, -0.2) is 23.2 Å². The Morgan fingerprint density at radius 3 is 1.54 bits per heavy atom. The van der Waals surface area contributed by atoms with Crippen molar-refractivity contribution >= 4 is 34.6 Å². The quantitative estimate of drug-likeness (QED) is 0.551. The summed E-state index contributed by atoms with van der Waals surface area (Å²) in [5.41, 5.74) is 3.91. The standard InChI is InChI=1S/C28H23N5O2/c1-18-24(27(34)32(30-18)22-9-5-3-6-10-22)26(21-15-13-20(17-29)14-16-21)25-19(2)31-33(28(25)35)23-11-7-4-8-12-23/h3-16,24-26H,1-2H3. The van der Waals surface area contributed by atoms with E-state index in [-0.39, 0.29) is 11.8 Å². The molecule has 172 valence electrons. The molecule has 0 saturated carbocycles. The largest absolute Gasteiger partial charge is 0.272 e. The van der Waals surface area contributed by atoms with Crippen LogP contribution in [0.4, 0.5) is 11.4 Å². The van der Waals surface area contributed by atoms with Gasteiger partial charge in [0, 0.05) is 17.3 Å². The number of hydrazone groups is 2. The number of hydrogen-bond acceptors (Lipinski definition) is 5. The van der Waals surface area contributed by atoms with Crippen LogP contribution in [0.1, 0.15) is 30.9 Å². The molecule has 2 aliphatic heterocycles. The summed E-state index contributed by atoms with van der Waals surface area (Å²) in [5, 5.41) is 21.3. The zero-order valence-corrected chi connectivity index (χ0v) is 19.4. The lowest BCUT2D eigenvalue weighted by Crippen LogP contribution is -2.40. The van der Waals surface area contributed by atoms with E-state index in [1.807, 2.05) is 86.6 Å². The SMILES string of the molecule is CC1=NN(c2ccccc2)C(=O)C1C(c1ccc(C#N)cc1)C1C(=O)N(c2ccccc2)N=C1C. The number of carbonyl (C=O) groups is 2. The van der Waals surface area contributed by atoms with Crippen molar-refractivity contribution in [2.75, 3.05) is 10.0 Å². The van der Waals surface area contributed by atoms with E-state index in [0.717, 1.165) is 5.56 Å². The number of nitrogens with zero attached hydrogens (tertiary/aromatic N) is 5. The lowest BCUT2D eigenvalue weighted by Gasteiger charge is -2.28. The van der Waals surface area contributed by atoms with Crippen LogP contribution in [0.3, 0.4) is 0 Å². The molecule has 0 fully saturated rings. The Bertz CT molecular complexity index is 1290. The molecule has 7 nitrogen and oxygen atoms in total. The molecule has 0 N–H and O–H groups in total. The third-order valence-electron chi connectivity index (χ3n) is 6.51. The first kappa shape index (κ1) is 22.2. The Labute approximate surface area is 203 Å². The van der Waals surface area contributed by atoms with Crippen molar-refractivity contribution in [1.82, 2.24) is 0 Å². The molecule has 2 aliphatic rings. The molecule has 2 amide bonds. The van der Waals surface area contributed by atoms with Crippen molar-refractivity contribution in [3.63, 3.8) is 0 Å². The summed E-state index contributed by atoms with van der Waals surface area (Å²) in [6.07, 6.45) is 0. The first-order chi connectivity index (χ1) is 17.0. The van der Waals surface area contributed by atoms with Gasteiger partial charge in [0.1, 0.15) is 0 Å². The van der Waals surface area contributed by atoms with Crippen LogP contribution >= 0.6 is 0 Å². The van der Waals surface area contributed by atoms with Crippen LogP contribution < -0.4 is 10.0 Å². The summed E-state index contributed by atoms with van der Waals surface area (Å²) in [7, 11) is 0. The Morgan fingerprint density at radius 2 is 1.14 bits per heavy atom. The summed E-state index contributed by atoms with van der Waals surface area (Å²) in [6, 6.07) is 27.7. The fourth-order valence-corrected chi connectivity index (χ4v) is 4.85. The van der Waals surface area contributed by atoms with Crippen molar-refractivity contribution in [1.29, 1.82) is 5.26 Å². The van der Waals surface area contributed by atoms with E-state index in [9.17, 15) is 14.9 Å². The molecular formula is C28H23N5O2. The van der Waals surface area contributed by atoms with Crippen LogP contribution in [0.15, 0.2) is 95.1 Å². The Morgan fingerprint density at radius 1 is 0.714 bits per heavy atom. The molecule has 3 aromatic carbocycles. The van der Waals surface area contributed by atoms with Gasteiger partial charge >= 0.3 is 0 Å². The van der Waals surface area contributed by atoms with Gasteiger partial charge < -0.3 is 0 Å². The van der Waals surface area contributed by atoms with Crippen molar-refractivity contribution in [2.24, 2.45) is 22.0 Å². The molecule has 0 saturated heterocycles. The van der Waals surface area contributed by atoms with Gasteiger partial charge in [-0.05, 0) is 55.8 Å². The van der Waals surface area contributed by atoms with E-state index in [1.54, 1.807) is 12.1 Å². The third-order valence-corrected chi connectivity index (χ3v) is 6.51. The predicted octanol–water partition coefficient (Wildman–Crippen LogP) is 4.72. The molecule has 0 spiro atoms. The molecule has 2 unspecified atom stereocenters. The highest BCUT2D eigenvalue weighted by Crippen LogP contribution is 2.42. The summed E-state index contributed by atoms with van der Waals surface area (Å²) >= 11 is 0. The highest BCUT2D eigenvalue weighted by atomic mass is 16.2. The zero-order valence-electron chi connectivity index (χ0n) is 19.4. The van der Waals surface area contributed by atoms with Gasteiger partial charge in [0.2, 0.25) is 0 Å². The fraction of sp³-hybridized carbons (Fsp3) is 0.179. The number of rotatable bonds is 5. The molecule has 0 aliphatic carbocycles. The second-order valence-corrected chi connectivity index (χ2v) is 8.67. The summed E-state index contributed by atoms with van der Waals surface area (Å²) in [6.45, 7) is 3.64. The first-order valence-corrected chi connectivity index (χ1v) is 11.4. The average Bonchev–Trinajstić information content (AvgIpc) is 3.36. The van der Waals surface area contributed by atoms with Crippen molar-refractivity contribution in [3.8, 4) is 6.07 Å². The molecule has 0 bridgehead atoms. The Balaban J connectivity index is 1.58. The number of benzene rings is 3. The van der Waals surface area contributed by atoms with E-state index in [1.165, 1.54) is 10.0 Å². The molecule has 2 atom stereocenters. The summed E-state index contributed by atoms with van der Waals surface area (Å²) < 4.78 is 0. The van der Waals surface area contributed by atoms with E-state index in [0.29, 0.717) is 28.4 Å². The number of carbonyl (C=O) groups excluding carboxylic acids is 2. The van der Waals surface area contributed by atoms with Gasteiger partial charge in [0.15, 0.2) is 0 Å². The van der Waals surface area contributed by atoms with Crippen molar-refractivity contribution in [3.05, 3.63) is 96.1 Å². The molecule has 3 aromatic rings. The molecule has 0 aromatic heterocycles. The number of hydrogen-bond donors (Lipinski definition) is 0. The zero-order chi connectivity index (χ0) is 24.5. The van der Waals surface area contributed by atoms with Crippen LogP contribution in [0, 0.1) is 23.2 Å². The van der Waals surface area contributed by atoms with Crippen LogP contribution in [0.2, 0.25) is 0 Å². The van der Waals surface area contributed by atoms with Gasteiger partial charge in [-0.15, -0.1) is 0 Å². The Kier molecular flexibility index (Phi) is 5.71. The summed E-state index contributed by atoms with van der Waals surface area (Å²) in [5.74, 6) is -2.22. The molecule has 35 heavy (non-hydrogen) atoms. The lowest BCUT2D eigenvalue weighted by molar-refractivity contribution is -0.122. The first-order valence-electron chi connectivity index (χ1n) is 11.4. The normalized spacial score (nSPS) is 20.5. The van der Waals surface area contributed by atoms with Gasteiger partial charge in [-0.1, -0.05) is 48.5 Å². The third kappa shape index (κ3) is 3.89. The highest BCUT2D eigenvalue weighted by molar-refractivity contribution is 6.19. The lowest BCUT2D eigenvalue weighted by atomic mass is 9.73. The number of para-hydroxylation sites is 2. The van der Waals surface area contributed by atoms with Gasteiger partial charge in [-0.2, -0.15) is 15.5 Å². The average molecular weight is 462 g/mol. The predicted molar refractivity (Wildman–Crippen MR) is 135 cm³/mol. The monoisotopic (exact) mass is 461 g/mol. The van der Waals surface area contributed by atoms with Crippen LogP contribution in [0.25, 0.3) is 0 Å². The van der Waals surface area contributed by atoms with Crippen LogP contribution in [0.5, 0.6) is 0 Å². The van der Waals surface area contributed by atoms with Crippen LogP contribution in [-0.2, 0) is 9.59 Å². The van der Waals surface area contributed by atoms with E-state index < -0.39 is 17.8 Å². The molecular weight excluding hydrogens is 438 g/mol. The van der Waals surface area contributed by atoms with E-state index in [2.05, 4.69) is 16.3 Å². The second-order valence-electron chi connectivity index (χ2n) is 8.67. The van der Waals surface area contributed by atoms with E-state index in [4.69, 9.17) is 0 Å². The number of anilines is 2. The van der Waals surface area contributed by atoms with Crippen molar-refractivity contribution in [2.45, 2.75) is 19.8 Å². The van der Waals surface area contributed by atoms with Crippen molar-refractivity contribution < 1.29 is 9.59 Å². The molecule has 5 rings (SSSR count). The van der Waals surface area contributed by atoms with Gasteiger partial charge in [-0.3, -0.25) is 9.59 Å². The Hall–Kier alpha value is -4.57. The minimum atomic E-state index is -0.655. The maximum absolute atomic E-state index is 13.8. The smallest absolute Gasteiger partial charge is 0.256 e. The maximum Gasteiger partial charge on any atom is 0.256 e. The van der Waals surface area contributed by atoms with Gasteiger partial charge in [-0.25, -0.2) is 10.0 Å². The topological polar surface area (TPSA) is 89.1 Å².